The summed E-state index contributed by atoms with van der Waals surface area (Å²) in [5.74, 6) is 0.328. The van der Waals surface area contributed by atoms with Crippen LogP contribution < -0.4 is 5.73 Å². The summed E-state index contributed by atoms with van der Waals surface area (Å²) in [6.45, 7) is 5.35. The molecular formula is C16H26N2O2. The maximum Gasteiger partial charge on any atom is 0.222 e. The van der Waals surface area contributed by atoms with Gasteiger partial charge in [0.1, 0.15) is 5.75 Å². The maximum absolute atomic E-state index is 12.1. The number of phenols is 1. The van der Waals surface area contributed by atoms with Gasteiger partial charge in [0.25, 0.3) is 0 Å². The Hall–Kier alpha value is -1.55. The number of hydrogen-bond donors (Lipinski definition) is 2. The summed E-state index contributed by atoms with van der Waals surface area (Å²) in [7, 11) is 1.77. The molecule has 1 aromatic rings. The minimum absolute atomic E-state index is 0.0957. The Balaban J connectivity index is 2.50. The van der Waals surface area contributed by atoms with Crippen molar-refractivity contribution >= 4 is 5.91 Å². The van der Waals surface area contributed by atoms with Crippen molar-refractivity contribution < 1.29 is 9.90 Å². The molecule has 3 N–H and O–H groups in total. The molecule has 0 fully saturated rings. The summed E-state index contributed by atoms with van der Waals surface area (Å²) in [6.07, 6.45) is 2.26. The molecule has 0 bridgehead atoms. The normalized spacial score (nSPS) is 11.4. The van der Waals surface area contributed by atoms with Gasteiger partial charge in [0.2, 0.25) is 5.91 Å². The number of carbonyl (C=O) groups is 1. The molecule has 0 aliphatic heterocycles. The van der Waals surface area contributed by atoms with Gasteiger partial charge in [-0.25, -0.2) is 0 Å². The minimum Gasteiger partial charge on any atom is -0.508 e. The number of phenolic OH excluding ortho intramolecular Hbond substituents is 1. The van der Waals surface area contributed by atoms with Crippen LogP contribution in [0.25, 0.3) is 0 Å². The lowest BCUT2D eigenvalue weighted by molar-refractivity contribution is -0.131. The van der Waals surface area contributed by atoms with Crippen LogP contribution in [0.3, 0.4) is 0 Å². The predicted molar refractivity (Wildman–Crippen MR) is 81.3 cm³/mol. The Bertz CT molecular complexity index is 444. The molecular weight excluding hydrogens is 252 g/mol. The highest BCUT2D eigenvalue weighted by molar-refractivity contribution is 5.76. The molecule has 0 aliphatic rings. The van der Waals surface area contributed by atoms with E-state index in [9.17, 15) is 9.90 Å². The van der Waals surface area contributed by atoms with Gasteiger partial charge < -0.3 is 15.7 Å². The minimum atomic E-state index is 0.0957. The number of nitrogens with zero attached hydrogens (tertiary/aromatic N) is 1. The average molecular weight is 278 g/mol. The zero-order chi connectivity index (χ0) is 15.2. The van der Waals surface area contributed by atoms with Crippen molar-refractivity contribution in [1.82, 2.24) is 4.90 Å². The molecule has 1 amide bonds. The second kappa shape index (κ2) is 7.29. The topological polar surface area (TPSA) is 66.6 Å². The molecule has 1 rings (SSSR count). The first kappa shape index (κ1) is 16.5. The van der Waals surface area contributed by atoms with Crippen molar-refractivity contribution in [3.05, 3.63) is 29.8 Å². The third kappa shape index (κ3) is 5.21. The van der Waals surface area contributed by atoms with Gasteiger partial charge in [-0.1, -0.05) is 32.0 Å². The van der Waals surface area contributed by atoms with Crippen LogP contribution in [-0.4, -0.2) is 29.5 Å². The first-order chi connectivity index (χ1) is 9.35. The van der Waals surface area contributed by atoms with E-state index in [1.165, 1.54) is 0 Å². The largest absolute Gasteiger partial charge is 0.508 e. The summed E-state index contributed by atoms with van der Waals surface area (Å²) < 4.78 is 0. The molecule has 0 heterocycles. The van der Waals surface area contributed by atoms with Crippen molar-refractivity contribution in [1.29, 1.82) is 0 Å². The number of amides is 1. The number of benzene rings is 1. The lowest BCUT2D eigenvalue weighted by atomic mass is 9.84. The van der Waals surface area contributed by atoms with Crippen LogP contribution in [0.15, 0.2) is 24.3 Å². The van der Waals surface area contributed by atoms with Crippen LogP contribution in [0.5, 0.6) is 5.75 Å². The molecule has 0 aliphatic carbocycles. The third-order valence-electron chi connectivity index (χ3n) is 3.66. The van der Waals surface area contributed by atoms with E-state index >= 15 is 0 Å². The van der Waals surface area contributed by atoms with Crippen LogP contribution in [0, 0.1) is 5.41 Å². The Morgan fingerprint density at radius 2 is 1.95 bits per heavy atom. The number of rotatable bonds is 7. The first-order valence-corrected chi connectivity index (χ1v) is 7.06. The average Bonchev–Trinajstić information content (AvgIpc) is 2.38. The summed E-state index contributed by atoms with van der Waals surface area (Å²) in [6, 6.07) is 7.10. The van der Waals surface area contributed by atoms with Gasteiger partial charge >= 0.3 is 0 Å². The second-order valence-corrected chi connectivity index (χ2v) is 6.08. The molecule has 0 aromatic heterocycles. The third-order valence-corrected chi connectivity index (χ3v) is 3.66. The van der Waals surface area contributed by atoms with E-state index in [1.54, 1.807) is 24.1 Å². The van der Waals surface area contributed by atoms with Crippen LogP contribution in [0.4, 0.5) is 0 Å². The monoisotopic (exact) mass is 278 g/mol. The molecule has 0 atom stereocenters. The highest BCUT2D eigenvalue weighted by Crippen LogP contribution is 2.26. The Morgan fingerprint density at radius 3 is 2.55 bits per heavy atom. The van der Waals surface area contributed by atoms with Crippen LogP contribution in [0.2, 0.25) is 0 Å². The van der Waals surface area contributed by atoms with E-state index in [0.29, 0.717) is 19.5 Å². The van der Waals surface area contributed by atoms with E-state index in [2.05, 4.69) is 13.8 Å². The summed E-state index contributed by atoms with van der Waals surface area (Å²) >= 11 is 0. The zero-order valence-corrected chi connectivity index (χ0v) is 12.7. The number of para-hydroxylation sites is 1. The van der Waals surface area contributed by atoms with E-state index in [-0.39, 0.29) is 17.1 Å². The summed E-state index contributed by atoms with van der Waals surface area (Å²) in [5, 5.41) is 9.72. The highest BCUT2D eigenvalue weighted by atomic mass is 16.3. The van der Waals surface area contributed by atoms with E-state index in [0.717, 1.165) is 18.4 Å². The van der Waals surface area contributed by atoms with Crippen LogP contribution >= 0.6 is 0 Å². The van der Waals surface area contributed by atoms with Gasteiger partial charge in [0, 0.05) is 25.6 Å². The van der Waals surface area contributed by atoms with Crippen LogP contribution in [-0.2, 0) is 11.3 Å². The fourth-order valence-corrected chi connectivity index (χ4v) is 2.14. The van der Waals surface area contributed by atoms with E-state index in [4.69, 9.17) is 5.73 Å². The molecule has 0 radical (unpaired) electrons. The van der Waals surface area contributed by atoms with Crippen molar-refractivity contribution in [3.63, 3.8) is 0 Å². The molecule has 4 heteroatoms. The predicted octanol–water partition coefficient (Wildman–Crippen LogP) is 2.51. The Morgan fingerprint density at radius 1 is 1.30 bits per heavy atom. The van der Waals surface area contributed by atoms with Crippen molar-refractivity contribution in [3.8, 4) is 5.75 Å². The number of aromatic hydroxyl groups is 1. The van der Waals surface area contributed by atoms with E-state index < -0.39 is 0 Å². The SMILES string of the molecule is CN(Cc1ccccc1O)C(=O)CCC(C)(C)CCN. The molecule has 0 saturated heterocycles. The fourth-order valence-electron chi connectivity index (χ4n) is 2.14. The van der Waals surface area contributed by atoms with Gasteiger partial charge in [-0.15, -0.1) is 0 Å². The van der Waals surface area contributed by atoms with Crippen molar-refractivity contribution in [2.75, 3.05) is 13.6 Å². The molecule has 0 unspecified atom stereocenters. The van der Waals surface area contributed by atoms with Crippen molar-refractivity contribution in [2.24, 2.45) is 11.1 Å². The molecule has 20 heavy (non-hydrogen) atoms. The first-order valence-electron chi connectivity index (χ1n) is 7.06. The van der Waals surface area contributed by atoms with Crippen molar-refractivity contribution in [2.45, 2.75) is 39.7 Å². The maximum atomic E-state index is 12.1. The second-order valence-electron chi connectivity index (χ2n) is 6.08. The number of nitrogens with two attached hydrogens (primary N) is 1. The summed E-state index contributed by atoms with van der Waals surface area (Å²) in [5.41, 5.74) is 6.44. The number of hydrogen-bond acceptors (Lipinski definition) is 3. The molecule has 112 valence electrons. The molecule has 1 aromatic carbocycles. The fraction of sp³-hybridized carbons (Fsp3) is 0.562. The highest BCUT2D eigenvalue weighted by Gasteiger charge is 2.20. The van der Waals surface area contributed by atoms with E-state index in [1.807, 2.05) is 12.1 Å². The van der Waals surface area contributed by atoms with Gasteiger partial charge in [-0.2, -0.15) is 0 Å². The van der Waals surface area contributed by atoms with Crippen LogP contribution in [0.1, 0.15) is 38.7 Å². The molecule has 0 spiro atoms. The van der Waals surface area contributed by atoms with Gasteiger partial charge in [0.05, 0.1) is 0 Å². The quantitative estimate of drug-likeness (QED) is 0.805. The summed E-state index contributed by atoms with van der Waals surface area (Å²) in [4.78, 5) is 13.8. The molecule has 4 nitrogen and oxygen atoms in total. The Labute approximate surface area is 121 Å². The standard InChI is InChI=1S/C16H26N2O2/c1-16(2,10-11-17)9-8-15(20)18(3)12-13-6-4-5-7-14(13)19/h4-7,19H,8-12,17H2,1-3H3. The van der Waals surface area contributed by atoms with Gasteiger partial charge in [-0.3, -0.25) is 4.79 Å². The lowest BCUT2D eigenvalue weighted by Gasteiger charge is -2.25. The zero-order valence-electron chi connectivity index (χ0n) is 12.7. The van der Waals surface area contributed by atoms with Gasteiger partial charge in [0.15, 0.2) is 0 Å². The lowest BCUT2D eigenvalue weighted by Crippen LogP contribution is -2.28. The number of carbonyl (C=O) groups excluding carboxylic acids is 1. The Kier molecular flexibility index (Phi) is 6.02. The smallest absolute Gasteiger partial charge is 0.222 e. The van der Waals surface area contributed by atoms with Gasteiger partial charge in [-0.05, 0) is 30.9 Å². The molecule has 0 saturated carbocycles.